The quantitative estimate of drug-likeness (QED) is 0.556. The van der Waals surface area contributed by atoms with E-state index in [9.17, 15) is 0 Å². The normalized spacial score (nSPS) is 11.0. The summed E-state index contributed by atoms with van der Waals surface area (Å²) in [4.78, 5) is 4.94. The molecular weight excluding hydrogens is 306 g/mol. The molecule has 0 bridgehead atoms. The third-order valence-corrected chi connectivity index (χ3v) is 4.44. The van der Waals surface area contributed by atoms with Gasteiger partial charge < -0.3 is 5.32 Å². The zero-order valence-corrected chi connectivity index (χ0v) is 14.5. The van der Waals surface area contributed by atoms with Gasteiger partial charge in [-0.2, -0.15) is 0 Å². The molecule has 2 aromatic carbocycles. The highest BCUT2D eigenvalue weighted by atomic mass is 15.1. The molecule has 124 valence electrons. The molecule has 2 heterocycles. The number of anilines is 1. The van der Waals surface area contributed by atoms with Crippen molar-refractivity contribution in [3.63, 3.8) is 0 Å². The van der Waals surface area contributed by atoms with Gasteiger partial charge in [-0.05, 0) is 37.1 Å². The van der Waals surface area contributed by atoms with Crippen molar-refractivity contribution >= 4 is 11.5 Å². The molecule has 25 heavy (non-hydrogen) atoms. The Morgan fingerprint density at radius 3 is 2.56 bits per heavy atom. The first kappa shape index (κ1) is 15.5. The van der Waals surface area contributed by atoms with E-state index < -0.39 is 0 Å². The van der Waals surface area contributed by atoms with Crippen molar-refractivity contribution in [1.82, 2.24) is 9.38 Å². The van der Waals surface area contributed by atoms with Gasteiger partial charge in [0, 0.05) is 18.3 Å². The highest BCUT2D eigenvalue weighted by Crippen LogP contribution is 2.30. The minimum absolute atomic E-state index is 0.765. The van der Waals surface area contributed by atoms with Crippen molar-refractivity contribution in [2.24, 2.45) is 0 Å². The summed E-state index contributed by atoms with van der Waals surface area (Å²) in [6.45, 7) is 4.98. The topological polar surface area (TPSA) is 29.3 Å². The van der Waals surface area contributed by atoms with Gasteiger partial charge in [0.1, 0.15) is 17.2 Å². The van der Waals surface area contributed by atoms with Gasteiger partial charge in [0.2, 0.25) is 0 Å². The van der Waals surface area contributed by atoms with Crippen molar-refractivity contribution in [1.29, 1.82) is 0 Å². The Kier molecular flexibility index (Phi) is 3.98. The summed E-state index contributed by atoms with van der Waals surface area (Å²) >= 11 is 0. The van der Waals surface area contributed by atoms with Crippen LogP contribution in [0.25, 0.3) is 16.9 Å². The van der Waals surface area contributed by atoms with Crippen LogP contribution in [0.15, 0.2) is 72.9 Å². The fraction of sp³-hybridized carbons (Fsp3) is 0.136. The first-order chi connectivity index (χ1) is 12.2. The molecule has 4 aromatic rings. The average Bonchev–Trinajstić information content (AvgIpc) is 3.01. The standard InChI is InChI=1S/C22H21N3/c1-16-8-6-12-19(14-16)20-22(23-15-18-10-4-3-5-11-18)25-13-7-9-17(2)21(25)24-20/h3-14,23H,15H2,1-2H3. The number of pyridine rings is 1. The number of fused-ring (bicyclic) bond motifs is 1. The maximum atomic E-state index is 4.94. The average molecular weight is 327 g/mol. The molecule has 0 aliphatic heterocycles. The van der Waals surface area contributed by atoms with Crippen LogP contribution in [0.5, 0.6) is 0 Å². The molecule has 2 aromatic heterocycles. The molecule has 0 saturated heterocycles. The number of rotatable bonds is 4. The predicted octanol–water partition coefficient (Wildman–Crippen LogP) is 5.23. The molecule has 4 rings (SSSR count). The predicted molar refractivity (Wildman–Crippen MR) is 104 cm³/mol. The lowest BCUT2D eigenvalue weighted by Crippen LogP contribution is -2.03. The lowest BCUT2D eigenvalue weighted by Gasteiger charge is -2.09. The van der Waals surface area contributed by atoms with Crippen molar-refractivity contribution in [3.05, 3.63) is 89.6 Å². The summed E-state index contributed by atoms with van der Waals surface area (Å²) in [5.74, 6) is 1.04. The molecule has 0 aliphatic rings. The van der Waals surface area contributed by atoms with Gasteiger partial charge in [0.15, 0.2) is 0 Å². The van der Waals surface area contributed by atoms with Crippen LogP contribution in [0.3, 0.4) is 0 Å². The van der Waals surface area contributed by atoms with Gasteiger partial charge in [-0.25, -0.2) is 4.98 Å². The van der Waals surface area contributed by atoms with Gasteiger partial charge in [-0.1, -0.05) is 60.2 Å². The van der Waals surface area contributed by atoms with Crippen LogP contribution < -0.4 is 5.32 Å². The summed E-state index contributed by atoms with van der Waals surface area (Å²) < 4.78 is 2.15. The zero-order valence-electron chi connectivity index (χ0n) is 14.5. The molecule has 0 unspecified atom stereocenters. The van der Waals surface area contributed by atoms with Gasteiger partial charge in [0.05, 0.1) is 0 Å². The smallest absolute Gasteiger partial charge is 0.142 e. The molecule has 0 spiro atoms. The van der Waals surface area contributed by atoms with E-state index >= 15 is 0 Å². The summed E-state index contributed by atoms with van der Waals surface area (Å²) in [6.07, 6.45) is 2.07. The number of hydrogen-bond acceptors (Lipinski definition) is 2. The van der Waals surface area contributed by atoms with Crippen molar-refractivity contribution < 1.29 is 0 Å². The second kappa shape index (κ2) is 6.44. The highest BCUT2D eigenvalue weighted by molar-refractivity contribution is 5.77. The van der Waals surface area contributed by atoms with Crippen LogP contribution >= 0.6 is 0 Å². The van der Waals surface area contributed by atoms with E-state index in [1.54, 1.807) is 0 Å². The van der Waals surface area contributed by atoms with Crippen LogP contribution in [0, 0.1) is 13.8 Å². The SMILES string of the molecule is Cc1cccc(-c2nc3c(C)cccn3c2NCc2ccccc2)c1. The molecule has 0 aliphatic carbocycles. The van der Waals surface area contributed by atoms with E-state index in [1.165, 1.54) is 16.7 Å². The summed E-state index contributed by atoms with van der Waals surface area (Å²) in [5, 5.41) is 3.60. The zero-order chi connectivity index (χ0) is 17.2. The molecule has 3 heteroatoms. The fourth-order valence-electron chi connectivity index (χ4n) is 3.15. The van der Waals surface area contributed by atoms with E-state index in [2.05, 4.69) is 90.4 Å². The molecule has 0 amide bonds. The van der Waals surface area contributed by atoms with Crippen molar-refractivity contribution in [2.45, 2.75) is 20.4 Å². The summed E-state index contributed by atoms with van der Waals surface area (Å²) in [7, 11) is 0. The molecular formula is C22H21N3. The number of aryl methyl sites for hydroxylation is 2. The number of aromatic nitrogens is 2. The molecule has 0 atom stereocenters. The van der Waals surface area contributed by atoms with E-state index in [-0.39, 0.29) is 0 Å². The Hall–Kier alpha value is -3.07. The first-order valence-corrected chi connectivity index (χ1v) is 8.55. The summed E-state index contributed by atoms with van der Waals surface area (Å²) in [6, 6.07) is 23.1. The van der Waals surface area contributed by atoms with E-state index in [0.717, 1.165) is 29.3 Å². The number of nitrogens with zero attached hydrogens (tertiary/aromatic N) is 2. The summed E-state index contributed by atoms with van der Waals surface area (Å²) in [5.41, 5.74) is 6.78. The van der Waals surface area contributed by atoms with Gasteiger partial charge in [0.25, 0.3) is 0 Å². The van der Waals surface area contributed by atoms with Crippen LogP contribution in [0.2, 0.25) is 0 Å². The first-order valence-electron chi connectivity index (χ1n) is 8.55. The lowest BCUT2D eigenvalue weighted by atomic mass is 10.1. The monoisotopic (exact) mass is 327 g/mol. The second-order valence-electron chi connectivity index (χ2n) is 6.40. The third kappa shape index (κ3) is 3.01. The van der Waals surface area contributed by atoms with E-state index in [0.29, 0.717) is 0 Å². The Balaban J connectivity index is 1.82. The van der Waals surface area contributed by atoms with Gasteiger partial charge in [-0.15, -0.1) is 0 Å². The Bertz CT molecular complexity index is 1020. The van der Waals surface area contributed by atoms with Crippen LogP contribution in [-0.4, -0.2) is 9.38 Å². The van der Waals surface area contributed by atoms with Crippen LogP contribution in [0.1, 0.15) is 16.7 Å². The molecule has 0 fully saturated rings. The Labute approximate surface area is 148 Å². The van der Waals surface area contributed by atoms with E-state index in [4.69, 9.17) is 4.98 Å². The Morgan fingerprint density at radius 2 is 1.76 bits per heavy atom. The molecule has 0 saturated carbocycles. The minimum atomic E-state index is 0.765. The number of benzene rings is 2. The van der Waals surface area contributed by atoms with Crippen LogP contribution in [-0.2, 0) is 6.54 Å². The Morgan fingerprint density at radius 1 is 0.920 bits per heavy atom. The fourth-order valence-corrected chi connectivity index (χ4v) is 3.15. The minimum Gasteiger partial charge on any atom is -0.365 e. The highest BCUT2D eigenvalue weighted by Gasteiger charge is 2.15. The molecule has 0 radical (unpaired) electrons. The number of nitrogens with one attached hydrogen (secondary N) is 1. The second-order valence-corrected chi connectivity index (χ2v) is 6.40. The van der Waals surface area contributed by atoms with Crippen molar-refractivity contribution in [2.75, 3.05) is 5.32 Å². The van der Waals surface area contributed by atoms with Crippen molar-refractivity contribution in [3.8, 4) is 11.3 Å². The maximum Gasteiger partial charge on any atom is 0.142 e. The van der Waals surface area contributed by atoms with Gasteiger partial charge in [-0.3, -0.25) is 4.40 Å². The maximum absolute atomic E-state index is 4.94. The largest absolute Gasteiger partial charge is 0.365 e. The van der Waals surface area contributed by atoms with Gasteiger partial charge >= 0.3 is 0 Å². The molecule has 1 N–H and O–H groups in total. The van der Waals surface area contributed by atoms with E-state index in [1.807, 2.05) is 6.07 Å². The number of imidazole rings is 1. The third-order valence-electron chi connectivity index (χ3n) is 4.44. The number of hydrogen-bond donors (Lipinski definition) is 1. The van der Waals surface area contributed by atoms with Crippen LogP contribution in [0.4, 0.5) is 5.82 Å². The lowest BCUT2D eigenvalue weighted by molar-refractivity contribution is 1.08. The molecule has 3 nitrogen and oxygen atoms in total.